The molecule has 0 saturated carbocycles. The fourth-order valence-electron chi connectivity index (χ4n) is 2.91. The van der Waals surface area contributed by atoms with Gasteiger partial charge in [-0.3, -0.25) is 0 Å². The van der Waals surface area contributed by atoms with E-state index in [1.807, 2.05) is 18.2 Å². The van der Waals surface area contributed by atoms with Crippen molar-refractivity contribution in [2.45, 2.75) is 38.5 Å². The Morgan fingerprint density at radius 1 is 1.19 bits per heavy atom. The predicted molar refractivity (Wildman–Crippen MR) is 106 cm³/mol. The van der Waals surface area contributed by atoms with E-state index in [9.17, 15) is 4.79 Å². The lowest BCUT2D eigenvalue weighted by molar-refractivity contribution is 0.0556. The molecule has 1 N–H and O–H groups in total. The van der Waals surface area contributed by atoms with E-state index < -0.39 is 0 Å². The molecule has 0 aliphatic carbocycles. The van der Waals surface area contributed by atoms with E-state index in [-0.39, 0.29) is 12.6 Å². The highest BCUT2D eigenvalue weighted by Gasteiger charge is 2.06. The molecule has 26 heavy (non-hydrogen) atoms. The molecule has 140 valence electrons. The van der Waals surface area contributed by atoms with Gasteiger partial charge in [-0.05, 0) is 69.6 Å². The van der Waals surface area contributed by atoms with Crippen LogP contribution in [0.25, 0.3) is 0 Å². The highest BCUT2D eigenvalue weighted by atomic mass is 16.5. The van der Waals surface area contributed by atoms with Crippen molar-refractivity contribution in [1.29, 1.82) is 0 Å². The monoisotopic (exact) mass is 354 g/mol. The van der Waals surface area contributed by atoms with Crippen LogP contribution in [0.1, 0.15) is 48.9 Å². The summed E-state index contributed by atoms with van der Waals surface area (Å²) in [5, 5.41) is 3.37. The summed E-state index contributed by atoms with van der Waals surface area (Å²) in [6.07, 6.45) is 9.02. The lowest BCUT2D eigenvalue weighted by Gasteiger charge is -2.17. The summed E-state index contributed by atoms with van der Waals surface area (Å²) < 4.78 is 5.13. The van der Waals surface area contributed by atoms with Gasteiger partial charge in [0.1, 0.15) is 0 Å². The average Bonchev–Trinajstić information content (AvgIpc) is 2.93. The lowest BCUT2D eigenvalue weighted by Crippen LogP contribution is -2.22. The first-order valence-electron chi connectivity index (χ1n) is 9.53. The van der Waals surface area contributed by atoms with Crippen molar-refractivity contribution in [1.82, 2.24) is 10.2 Å². The number of ether oxygens (including phenoxy) is 1. The molecule has 2 rings (SSSR count). The minimum absolute atomic E-state index is 0.161. The molecule has 0 saturated heterocycles. The van der Waals surface area contributed by atoms with Crippen molar-refractivity contribution in [3.8, 4) is 11.8 Å². The molecule has 4 nitrogen and oxygen atoms in total. The first kappa shape index (κ1) is 20.1. The van der Waals surface area contributed by atoms with Gasteiger partial charge in [-0.2, -0.15) is 0 Å². The molecular weight excluding hydrogens is 324 g/mol. The number of hydrogen-bond acceptors (Lipinski definition) is 4. The van der Waals surface area contributed by atoms with E-state index in [0.29, 0.717) is 5.56 Å². The van der Waals surface area contributed by atoms with Crippen molar-refractivity contribution in [2.75, 3.05) is 33.3 Å². The number of benzene rings is 1. The van der Waals surface area contributed by atoms with Crippen LogP contribution >= 0.6 is 0 Å². The Morgan fingerprint density at radius 3 is 2.88 bits per heavy atom. The number of rotatable bonds is 8. The first-order chi connectivity index (χ1) is 12.8. The quantitative estimate of drug-likeness (QED) is 0.440. The Balaban J connectivity index is 1.52. The van der Waals surface area contributed by atoms with Gasteiger partial charge in [0, 0.05) is 19.5 Å². The molecular formula is C22H30N2O2. The molecule has 4 heteroatoms. The van der Waals surface area contributed by atoms with Crippen molar-refractivity contribution >= 4 is 5.97 Å². The Hall–Kier alpha value is -2.25. The first-order valence-corrected chi connectivity index (χ1v) is 9.53. The van der Waals surface area contributed by atoms with Crippen LogP contribution in [-0.2, 0) is 4.74 Å². The van der Waals surface area contributed by atoms with Crippen LogP contribution in [0.3, 0.4) is 0 Å². The number of nitrogens with zero attached hydrogens (tertiary/aromatic N) is 1. The maximum absolute atomic E-state index is 11.7. The van der Waals surface area contributed by atoms with Crippen molar-refractivity contribution < 1.29 is 9.53 Å². The van der Waals surface area contributed by atoms with Crippen LogP contribution in [0.4, 0.5) is 0 Å². The zero-order chi connectivity index (χ0) is 18.5. The van der Waals surface area contributed by atoms with Crippen molar-refractivity contribution in [2.24, 2.45) is 0 Å². The Morgan fingerprint density at radius 2 is 2.04 bits per heavy atom. The maximum atomic E-state index is 11.7. The van der Waals surface area contributed by atoms with E-state index in [2.05, 4.69) is 35.3 Å². The van der Waals surface area contributed by atoms with Gasteiger partial charge >= 0.3 is 5.97 Å². The summed E-state index contributed by atoms with van der Waals surface area (Å²) in [7, 11) is 2.18. The van der Waals surface area contributed by atoms with Gasteiger partial charge in [-0.15, -0.1) is 0 Å². The number of hydrogen-bond donors (Lipinski definition) is 1. The van der Waals surface area contributed by atoms with Crippen molar-refractivity contribution in [3.63, 3.8) is 0 Å². The molecule has 0 radical (unpaired) electrons. The lowest BCUT2D eigenvalue weighted by atomic mass is 10.1. The maximum Gasteiger partial charge on any atom is 0.339 e. The zero-order valence-electron chi connectivity index (χ0n) is 15.8. The second-order valence-corrected chi connectivity index (χ2v) is 6.70. The summed E-state index contributed by atoms with van der Waals surface area (Å²) in [6, 6.07) is 9.00. The molecule has 0 aromatic heterocycles. The minimum Gasteiger partial charge on any atom is -0.449 e. The summed E-state index contributed by atoms with van der Waals surface area (Å²) >= 11 is 0. The van der Waals surface area contributed by atoms with Gasteiger partial charge in [0.15, 0.2) is 6.61 Å². The molecule has 1 aliphatic heterocycles. The molecule has 0 atom stereocenters. The Kier molecular flexibility index (Phi) is 9.38. The number of likely N-dealkylation sites (N-methyl/N-ethyl adjacent to an activating group) is 1. The van der Waals surface area contributed by atoms with Crippen LogP contribution in [0.15, 0.2) is 42.1 Å². The molecule has 1 heterocycles. The van der Waals surface area contributed by atoms with Crippen LogP contribution in [0.5, 0.6) is 0 Å². The Labute approximate surface area is 157 Å². The molecule has 1 aliphatic rings. The molecule has 1 aromatic carbocycles. The SMILES string of the molecule is CN(CCCCC#CCOC(=O)c1ccccc1)CC1=CNCCCC1. The number of carbonyl (C=O) groups excluding carboxylic acids is 1. The molecule has 0 spiro atoms. The van der Waals surface area contributed by atoms with Gasteiger partial charge in [-0.1, -0.05) is 30.0 Å². The average molecular weight is 354 g/mol. The normalized spacial score (nSPS) is 13.8. The second-order valence-electron chi connectivity index (χ2n) is 6.70. The largest absolute Gasteiger partial charge is 0.449 e. The van der Waals surface area contributed by atoms with E-state index in [4.69, 9.17) is 4.74 Å². The third-order valence-corrected chi connectivity index (χ3v) is 4.35. The smallest absolute Gasteiger partial charge is 0.339 e. The number of esters is 1. The predicted octanol–water partition coefficient (Wildman–Crippen LogP) is 3.61. The van der Waals surface area contributed by atoms with Gasteiger partial charge < -0.3 is 15.0 Å². The highest BCUT2D eigenvalue weighted by Crippen LogP contribution is 2.11. The summed E-state index contributed by atoms with van der Waals surface area (Å²) in [4.78, 5) is 14.1. The fraction of sp³-hybridized carbons (Fsp3) is 0.500. The van der Waals surface area contributed by atoms with E-state index in [1.165, 1.54) is 24.8 Å². The number of nitrogens with one attached hydrogen (secondary N) is 1. The Bertz CT molecular complexity index is 629. The molecule has 0 fully saturated rings. The third-order valence-electron chi connectivity index (χ3n) is 4.35. The van der Waals surface area contributed by atoms with Gasteiger partial charge in [0.2, 0.25) is 0 Å². The van der Waals surface area contributed by atoms with Crippen LogP contribution in [0, 0.1) is 11.8 Å². The number of unbranched alkanes of at least 4 members (excludes halogenated alkanes) is 2. The summed E-state index contributed by atoms with van der Waals surface area (Å²) in [5.41, 5.74) is 2.07. The van der Waals surface area contributed by atoms with Gasteiger partial charge in [0.25, 0.3) is 0 Å². The second kappa shape index (κ2) is 12.2. The standard InChI is InChI=1S/C22H30N2O2/c1-24(19-20-12-8-9-15-23-18-20)16-10-3-2-4-11-17-26-22(25)21-13-6-5-7-14-21/h5-7,13-14,18,23H,2-3,8-10,12,15-17,19H2,1H3. The van der Waals surface area contributed by atoms with E-state index in [0.717, 1.165) is 38.9 Å². The van der Waals surface area contributed by atoms with Gasteiger partial charge in [-0.25, -0.2) is 4.79 Å². The van der Waals surface area contributed by atoms with Crippen LogP contribution in [0.2, 0.25) is 0 Å². The molecule has 0 unspecified atom stereocenters. The van der Waals surface area contributed by atoms with Crippen LogP contribution in [-0.4, -0.2) is 44.2 Å². The summed E-state index contributed by atoms with van der Waals surface area (Å²) in [5.74, 6) is 5.70. The summed E-state index contributed by atoms with van der Waals surface area (Å²) in [6.45, 7) is 3.40. The number of carbonyl (C=O) groups is 1. The van der Waals surface area contributed by atoms with E-state index in [1.54, 1.807) is 12.1 Å². The minimum atomic E-state index is -0.316. The van der Waals surface area contributed by atoms with Gasteiger partial charge in [0.05, 0.1) is 5.56 Å². The van der Waals surface area contributed by atoms with Crippen LogP contribution < -0.4 is 5.32 Å². The highest BCUT2D eigenvalue weighted by molar-refractivity contribution is 5.89. The fourth-order valence-corrected chi connectivity index (χ4v) is 2.91. The molecule has 0 bridgehead atoms. The molecule has 0 amide bonds. The third kappa shape index (κ3) is 8.22. The molecule has 1 aromatic rings. The topological polar surface area (TPSA) is 41.6 Å². The van der Waals surface area contributed by atoms with Crippen molar-refractivity contribution in [3.05, 3.63) is 47.7 Å². The zero-order valence-corrected chi connectivity index (χ0v) is 15.8. The van der Waals surface area contributed by atoms with E-state index >= 15 is 0 Å².